The fourth-order valence-electron chi connectivity index (χ4n) is 1.98. The maximum absolute atomic E-state index is 12.4. The molecule has 2 aromatic rings. The Morgan fingerprint density at radius 3 is 2.75 bits per heavy atom. The number of carbonyl (C=O) groups excluding carboxylic acids is 1. The number of anilines is 1. The van der Waals surface area contributed by atoms with Gasteiger partial charge in [0, 0.05) is 27.4 Å². The minimum atomic E-state index is -0.144. The lowest BCUT2D eigenvalue weighted by Crippen LogP contribution is -2.18. The van der Waals surface area contributed by atoms with E-state index in [4.69, 9.17) is 11.6 Å². The van der Waals surface area contributed by atoms with Gasteiger partial charge in [0.25, 0.3) is 5.91 Å². The molecule has 5 heteroatoms. The molecule has 0 radical (unpaired) electrons. The predicted octanol–water partition coefficient (Wildman–Crippen LogP) is 5.05. The van der Waals surface area contributed by atoms with Crippen molar-refractivity contribution >= 4 is 39.1 Å². The third kappa shape index (κ3) is 3.07. The first kappa shape index (κ1) is 15.1. The van der Waals surface area contributed by atoms with E-state index >= 15 is 0 Å². The van der Waals surface area contributed by atoms with E-state index < -0.39 is 0 Å². The second-order valence-corrected chi connectivity index (χ2v) is 6.23. The average molecular weight is 356 g/mol. The van der Waals surface area contributed by atoms with Crippen LogP contribution in [-0.4, -0.2) is 10.5 Å². The van der Waals surface area contributed by atoms with E-state index in [2.05, 4.69) is 21.2 Å². The number of nitrogens with one attached hydrogen (secondary N) is 1. The third-order valence-electron chi connectivity index (χ3n) is 3.12. The maximum Gasteiger partial charge on any atom is 0.272 e. The monoisotopic (exact) mass is 354 g/mol. The van der Waals surface area contributed by atoms with Crippen LogP contribution in [0.1, 0.15) is 35.9 Å². The molecule has 0 aliphatic rings. The lowest BCUT2D eigenvalue weighted by Gasteiger charge is -2.14. The molecule has 0 saturated carbocycles. The summed E-state index contributed by atoms with van der Waals surface area (Å²) in [7, 11) is 0. The molecular weight excluding hydrogens is 340 g/mol. The highest BCUT2D eigenvalue weighted by Gasteiger charge is 2.16. The van der Waals surface area contributed by atoms with Gasteiger partial charge < -0.3 is 9.88 Å². The molecule has 1 N–H and O–H groups in total. The summed E-state index contributed by atoms with van der Waals surface area (Å²) in [5, 5.41) is 3.55. The molecule has 1 heterocycles. The van der Waals surface area contributed by atoms with Gasteiger partial charge in [0.2, 0.25) is 0 Å². The van der Waals surface area contributed by atoms with E-state index in [1.807, 2.05) is 49.7 Å². The van der Waals surface area contributed by atoms with Crippen molar-refractivity contribution in [1.29, 1.82) is 0 Å². The van der Waals surface area contributed by atoms with E-state index in [0.717, 1.165) is 15.7 Å². The molecule has 0 fully saturated rings. The molecule has 2 rings (SSSR count). The highest BCUT2D eigenvalue weighted by molar-refractivity contribution is 9.10. The molecule has 1 amide bonds. The molecule has 1 aromatic heterocycles. The van der Waals surface area contributed by atoms with Crippen LogP contribution < -0.4 is 5.32 Å². The number of hydrogen-bond donors (Lipinski definition) is 1. The second-order valence-electron chi connectivity index (χ2n) is 4.91. The zero-order valence-corrected chi connectivity index (χ0v) is 13.9. The molecule has 0 aliphatic heterocycles. The van der Waals surface area contributed by atoms with Gasteiger partial charge in [0.05, 0.1) is 0 Å². The number of carbonyl (C=O) groups is 1. The lowest BCUT2D eigenvalue weighted by molar-refractivity contribution is 0.101. The van der Waals surface area contributed by atoms with Crippen molar-refractivity contribution in [3.8, 4) is 0 Å². The first-order valence-electron chi connectivity index (χ1n) is 6.34. The smallest absolute Gasteiger partial charge is 0.272 e. The lowest BCUT2D eigenvalue weighted by atomic mass is 10.2. The van der Waals surface area contributed by atoms with Crippen LogP contribution >= 0.6 is 27.5 Å². The Bertz CT molecular complexity index is 649. The topological polar surface area (TPSA) is 34.0 Å². The number of hydrogen-bond acceptors (Lipinski definition) is 1. The van der Waals surface area contributed by atoms with Gasteiger partial charge in [-0.2, -0.15) is 0 Å². The Hall–Kier alpha value is -1.26. The quantitative estimate of drug-likeness (QED) is 0.821. The summed E-state index contributed by atoms with van der Waals surface area (Å²) < 4.78 is 2.82. The van der Waals surface area contributed by atoms with E-state index in [1.165, 1.54) is 0 Å². The maximum atomic E-state index is 12.4. The predicted molar refractivity (Wildman–Crippen MR) is 86.7 cm³/mol. The average Bonchev–Trinajstić information content (AvgIpc) is 2.77. The summed E-state index contributed by atoms with van der Waals surface area (Å²) in [4.78, 5) is 12.4. The highest BCUT2D eigenvalue weighted by Crippen LogP contribution is 2.25. The molecule has 106 valence electrons. The van der Waals surface area contributed by atoms with Gasteiger partial charge in [0.1, 0.15) is 5.69 Å². The molecule has 0 spiro atoms. The normalized spacial score (nSPS) is 10.9. The van der Waals surface area contributed by atoms with Crippen LogP contribution in [0.3, 0.4) is 0 Å². The van der Waals surface area contributed by atoms with E-state index in [1.54, 1.807) is 6.07 Å². The Morgan fingerprint density at radius 2 is 2.10 bits per heavy atom. The van der Waals surface area contributed by atoms with Crippen molar-refractivity contribution in [1.82, 2.24) is 4.57 Å². The summed E-state index contributed by atoms with van der Waals surface area (Å²) in [6.07, 6.45) is 1.91. The fraction of sp³-hybridized carbons (Fsp3) is 0.267. The number of rotatable bonds is 3. The van der Waals surface area contributed by atoms with Crippen molar-refractivity contribution in [2.75, 3.05) is 5.32 Å². The minimum absolute atomic E-state index is 0.144. The van der Waals surface area contributed by atoms with Crippen molar-refractivity contribution < 1.29 is 4.79 Å². The molecule has 0 atom stereocenters. The Kier molecular flexibility index (Phi) is 4.55. The van der Waals surface area contributed by atoms with Gasteiger partial charge in [-0.1, -0.05) is 17.7 Å². The van der Waals surface area contributed by atoms with E-state index in [9.17, 15) is 4.79 Å². The highest BCUT2D eigenvalue weighted by atomic mass is 79.9. The van der Waals surface area contributed by atoms with Gasteiger partial charge in [-0.15, -0.1) is 0 Å². The first-order valence-corrected chi connectivity index (χ1v) is 7.51. The van der Waals surface area contributed by atoms with Crippen molar-refractivity contribution in [3.63, 3.8) is 0 Å². The largest absolute Gasteiger partial charge is 0.340 e. The molecule has 0 unspecified atom stereocenters. The van der Waals surface area contributed by atoms with Crippen molar-refractivity contribution in [3.05, 3.63) is 51.2 Å². The number of halogens is 2. The van der Waals surface area contributed by atoms with Crippen LogP contribution in [0.5, 0.6) is 0 Å². The minimum Gasteiger partial charge on any atom is -0.340 e. The number of amides is 1. The van der Waals surface area contributed by atoms with Gasteiger partial charge >= 0.3 is 0 Å². The van der Waals surface area contributed by atoms with Gasteiger partial charge in [-0.25, -0.2) is 0 Å². The zero-order chi connectivity index (χ0) is 14.9. The molecule has 0 bridgehead atoms. The standard InChI is InChI=1S/C15H16BrClN2O/c1-9(2)19-8-11(16)7-14(19)15(20)18-13-6-4-5-12(17)10(13)3/h4-9H,1-3H3,(H,18,20). The summed E-state index contributed by atoms with van der Waals surface area (Å²) in [6.45, 7) is 5.96. The Balaban J connectivity index is 2.31. The van der Waals surface area contributed by atoms with Gasteiger partial charge in [-0.05, 0) is 60.5 Å². The molecule has 20 heavy (non-hydrogen) atoms. The fourth-order valence-corrected chi connectivity index (χ4v) is 2.60. The van der Waals surface area contributed by atoms with Gasteiger partial charge in [0.15, 0.2) is 0 Å². The summed E-state index contributed by atoms with van der Waals surface area (Å²) >= 11 is 9.47. The van der Waals surface area contributed by atoms with E-state index in [0.29, 0.717) is 10.7 Å². The van der Waals surface area contributed by atoms with Crippen LogP contribution in [0.25, 0.3) is 0 Å². The number of benzene rings is 1. The van der Waals surface area contributed by atoms with Crippen LogP contribution in [0.2, 0.25) is 5.02 Å². The summed E-state index contributed by atoms with van der Waals surface area (Å²) in [5.74, 6) is -0.144. The molecular formula is C15H16BrClN2O. The molecule has 1 aromatic carbocycles. The van der Waals surface area contributed by atoms with Crippen LogP contribution in [0.4, 0.5) is 5.69 Å². The molecule has 0 saturated heterocycles. The SMILES string of the molecule is Cc1c(Cl)cccc1NC(=O)c1cc(Br)cn1C(C)C. The molecule has 0 aliphatic carbocycles. The van der Waals surface area contributed by atoms with Gasteiger partial charge in [-0.3, -0.25) is 4.79 Å². The Labute approximate surface area is 132 Å². The van der Waals surface area contributed by atoms with Crippen molar-refractivity contribution in [2.45, 2.75) is 26.8 Å². The molecule has 3 nitrogen and oxygen atoms in total. The summed E-state index contributed by atoms with van der Waals surface area (Å²) in [5.41, 5.74) is 2.21. The van der Waals surface area contributed by atoms with Crippen LogP contribution in [-0.2, 0) is 0 Å². The zero-order valence-electron chi connectivity index (χ0n) is 11.6. The van der Waals surface area contributed by atoms with Crippen LogP contribution in [0.15, 0.2) is 34.9 Å². The van der Waals surface area contributed by atoms with E-state index in [-0.39, 0.29) is 11.9 Å². The second kappa shape index (κ2) is 6.02. The first-order chi connectivity index (χ1) is 9.40. The number of nitrogens with zero attached hydrogens (tertiary/aromatic N) is 1. The Morgan fingerprint density at radius 1 is 1.40 bits per heavy atom. The van der Waals surface area contributed by atoms with Crippen molar-refractivity contribution in [2.24, 2.45) is 0 Å². The number of aromatic nitrogens is 1. The summed E-state index contributed by atoms with van der Waals surface area (Å²) in [6, 6.07) is 7.50. The third-order valence-corrected chi connectivity index (χ3v) is 3.96. The van der Waals surface area contributed by atoms with Crippen LogP contribution in [0, 0.1) is 6.92 Å².